The fourth-order valence-corrected chi connectivity index (χ4v) is 2.95. The molecule has 1 fully saturated rings. The van der Waals surface area contributed by atoms with Gasteiger partial charge in [-0.3, -0.25) is 0 Å². The first kappa shape index (κ1) is 14.0. The van der Waals surface area contributed by atoms with Gasteiger partial charge in [0, 0.05) is 16.1 Å². The number of hydrogen-bond acceptors (Lipinski definition) is 2. The standard InChI is InChI=1S/C15H22BrNO/c1-4-15(5-2)10-18-14(11(3)17-15)12-6-8-13(16)9-7-12/h6-9,11,14,17H,4-5,10H2,1-3H3. The minimum Gasteiger partial charge on any atom is -0.370 e. The van der Waals surface area contributed by atoms with Crippen LogP contribution < -0.4 is 5.32 Å². The zero-order valence-electron chi connectivity index (χ0n) is 11.4. The molecule has 0 saturated carbocycles. The second kappa shape index (κ2) is 5.72. The number of benzene rings is 1. The van der Waals surface area contributed by atoms with Gasteiger partial charge in [-0.25, -0.2) is 0 Å². The molecule has 2 nitrogen and oxygen atoms in total. The quantitative estimate of drug-likeness (QED) is 0.909. The Morgan fingerprint density at radius 3 is 2.39 bits per heavy atom. The highest BCUT2D eigenvalue weighted by atomic mass is 79.9. The van der Waals surface area contributed by atoms with Gasteiger partial charge in [0.25, 0.3) is 0 Å². The highest BCUT2D eigenvalue weighted by Gasteiger charge is 2.37. The molecule has 1 saturated heterocycles. The first-order valence-corrected chi connectivity index (χ1v) is 7.54. The Balaban J connectivity index is 2.12. The molecule has 0 aromatic heterocycles. The van der Waals surface area contributed by atoms with Crippen molar-refractivity contribution in [3.63, 3.8) is 0 Å². The molecule has 1 aromatic rings. The molecule has 1 aromatic carbocycles. The summed E-state index contributed by atoms with van der Waals surface area (Å²) in [5.41, 5.74) is 1.41. The van der Waals surface area contributed by atoms with Crippen LogP contribution in [0.3, 0.4) is 0 Å². The third kappa shape index (κ3) is 2.79. The molecule has 0 radical (unpaired) electrons. The van der Waals surface area contributed by atoms with Gasteiger partial charge in [0.15, 0.2) is 0 Å². The Kier molecular flexibility index (Phi) is 4.46. The van der Waals surface area contributed by atoms with Crippen molar-refractivity contribution < 1.29 is 4.74 Å². The van der Waals surface area contributed by atoms with Gasteiger partial charge < -0.3 is 10.1 Å². The number of rotatable bonds is 3. The summed E-state index contributed by atoms with van der Waals surface area (Å²) in [6, 6.07) is 8.77. The van der Waals surface area contributed by atoms with E-state index in [9.17, 15) is 0 Å². The summed E-state index contributed by atoms with van der Waals surface area (Å²) >= 11 is 3.47. The van der Waals surface area contributed by atoms with Crippen LogP contribution in [0.4, 0.5) is 0 Å². The first-order valence-electron chi connectivity index (χ1n) is 6.75. The number of morpholine rings is 1. The van der Waals surface area contributed by atoms with E-state index in [4.69, 9.17) is 4.74 Å². The third-order valence-electron chi connectivity index (χ3n) is 4.08. The lowest BCUT2D eigenvalue weighted by Crippen LogP contribution is -2.58. The van der Waals surface area contributed by atoms with E-state index in [1.165, 1.54) is 5.56 Å². The number of hydrogen-bond donors (Lipinski definition) is 1. The van der Waals surface area contributed by atoms with Gasteiger partial charge >= 0.3 is 0 Å². The topological polar surface area (TPSA) is 21.3 Å². The van der Waals surface area contributed by atoms with Crippen molar-refractivity contribution in [2.45, 2.75) is 51.3 Å². The first-order chi connectivity index (χ1) is 8.60. The summed E-state index contributed by atoms with van der Waals surface area (Å²) in [6.07, 6.45) is 2.38. The molecule has 2 unspecified atom stereocenters. The van der Waals surface area contributed by atoms with Crippen molar-refractivity contribution >= 4 is 15.9 Å². The van der Waals surface area contributed by atoms with E-state index >= 15 is 0 Å². The summed E-state index contributed by atoms with van der Waals surface area (Å²) in [6.45, 7) is 7.47. The highest BCUT2D eigenvalue weighted by molar-refractivity contribution is 9.10. The molecular formula is C15H22BrNO. The van der Waals surface area contributed by atoms with E-state index in [1.54, 1.807) is 0 Å². The van der Waals surface area contributed by atoms with Crippen LogP contribution in [0, 0.1) is 0 Å². The molecule has 1 heterocycles. The van der Waals surface area contributed by atoms with Crippen LogP contribution in [-0.4, -0.2) is 18.2 Å². The van der Waals surface area contributed by atoms with Gasteiger partial charge in [-0.15, -0.1) is 0 Å². The molecular weight excluding hydrogens is 290 g/mol. The minimum absolute atomic E-state index is 0.157. The summed E-state index contributed by atoms with van der Waals surface area (Å²) in [4.78, 5) is 0. The maximum absolute atomic E-state index is 6.14. The molecule has 18 heavy (non-hydrogen) atoms. The Labute approximate surface area is 118 Å². The van der Waals surface area contributed by atoms with Gasteiger partial charge in [-0.2, -0.15) is 0 Å². The Morgan fingerprint density at radius 1 is 1.28 bits per heavy atom. The lowest BCUT2D eigenvalue weighted by atomic mass is 9.88. The fourth-order valence-electron chi connectivity index (χ4n) is 2.69. The number of halogens is 1. The van der Waals surface area contributed by atoms with Gasteiger partial charge in [-0.05, 0) is 37.5 Å². The van der Waals surface area contributed by atoms with Crippen molar-refractivity contribution in [2.24, 2.45) is 0 Å². The molecule has 2 rings (SSSR count). The third-order valence-corrected chi connectivity index (χ3v) is 4.61. The molecule has 1 aliphatic rings. The summed E-state index contributed by atoms with van der Waals surface area (Å²) in [5, 5.41) is 3.76. The van der Waals surface area contributed by atoms with Crippen molar-refractivity contribution in [1.82, 2.24) is 5.32 Å². The van der Waals surface area contributed by atoms with Gasteiger partial charge in [0.2, 0.25) is 0 Å². The van der Waals surface area contributed by atoms with Gasteiger partial charge in [0.05, 0.1) is 12.7 Å². The highest BCUT2D eigenvalue weighted by Crippen LogP contribution is 2.32. The summed E-state index contributed by atoms with van der Waals surface area (Å²) in [7, 11) is 0. The van der Waals surface area contributed by atoms with E-state index in [0.29, 0.717) is 6.04 Å². The van der Waals surface area contributed by atoms with Crippen LogP contribution in [0.5, 0.6) is 0 Å². The molecule has 1 aliphatic heterocycles. The molecule has 0 bridgehead atoms. The van der Waals surface area contributed by atoms with Crippen LogP contribution >= 0.6 is 15.9 Å². The SMILES string of the molecule is CCC1(CC)COC(c2ccc(Br)cc2)C(C)N1. The van der Waals surface area contributed by atoms with Crippen LogP contribution in [0.2, 0.25) is 0 Å². The summed E-state index contributed by atoms with van der Waals surface area (Å²) in [5.74, 6) is 0. The lowest BCUT2D eigenvalue weighted by Gasteiger charge is -2.44. The second-order valence-electron chi connectivity index (χ2n) is 5.20. The van der Waals surface area contributed by atoms with E-state index in [0.717, 1.165) is 23.9 Å². The van der Waals surface area contributed by atoms with Crippen LogP contribution in [0.15, 0.2) is 28.7 Å². The van der Waals surface area contributed by atoms with Crippen molar-refractivity contribution in [2.75, 3.05) is 6.61 Å². The second-order valence-corrected chi connectivity index (χ2v) is 6.12. The fraction of sp³-hybridized carbons (Fsp3) is 0.600. The van der Waals surface area contributed by atoms with Crippen LogP contribution in [0.25, 0.3) is 0 Å². The van der Waals surface area contributed by atoms with Crippen LogP contribution in [-0.2, 0) is 4.74 Å². The summed E-state index contributed by atoms with van der Waals surface area (Å²) < 4.78 is 7.25. The molecule has 100 valence electrons. The predicted octanol–water partition coefficient (Wildman–Crippen LogP) is 4.06. The zero-order chi connectivity index (χ0) is 13.2. The molecule has 2 atom stereocenters. The molecule has 0 amide bonds. The molecule has 1 N–H and O–H groups in total. The van der Waals surface area contributed by atoms with Gasteiger partial charge in [-0.1, -0.05) is 41.9 Å². The van der Waals surface area contributed by atoms with E-state index < -0.39 is 0 Å². The zero-order valence-corrected chi connectivity index (χ0v) is 13.0. The van der Waals surface area contributed by atoms with Crippen molar-refractivity contribution in [1.29, 1.82) is 0 Å². The number of ether oxygens (including phenoxy) is 1. The molecule has 0 aliphatic carbocycles. The monoisotopic (exact) mass is 311 g/mol. The maximum atomic E-state index is 6.14. The maximum Gasteiger partial charge on any atom is 0.0976 e. The normalized spacial score (nSPS) is 27.1. The minimum atomic E-state index is 0.157. The largest absolute Gasteiger partial charge is 0.370 e. The van der Waals surface area contributed by atoms with E-state index in [-0.39, 0.29) is 11.6 Å². The predicted molar refractivity (Wildman–Crippen MR) is 78.7 cm³/mol. The van der Waals surface area contributed by atoms with E-state index in [1.807, 2.05) is 0 Å². The van der Waals surface area contributed by atoms with Gasteiger partial charge in [0.1, 0.15) is 0 Å². The molecule has 3 heteroatoms. The van der Waals surface area contributed by atoms with Crippen molar-refractivity contribution in [3.8, 4) is 0 Å². The average Bonchev–Trinajstić information content (AvgIpc) is 2.40. The molecule has 0 spiro atoms. The smallest absolute Gasteiger partial charge is 0.0976 e. The number of nitrogens with one attached hydrogen (secondary N) is 1. The van der Waals surface area contributed by atoms with Crippen molar-refractivity contribution in [3.05, 3.63) is 34.3 Å². The Bertz CT molecular complexity index is 386. The Hall–Kier alpha value is -0.380. The van der Waals surface area contributed by atoms with E-state index in [2.05, 4.69) is 66.3 Å². The van der Waals surface area contributed by atoms with Crippen LogP contribution in [0.1, 0.15) is 45.3 Å². The Morgan fingerprint density at radius 2 is 1.89 bits per heavy atom. The lowest BCUT2D eigenvalue weighted by molar-refractivity contribution is -0.0631. The average molecular weight is 312 g/mol.